The summed E-state index contributed by atoms with van der Waals surface area (Å²) < 4.78 is 0. The maximum absolute atomic E-state index is 11.9. The Labute approximate surface area is 135 Å². The number of aromatic nitrogens is 3. The van der Waals surface area contributed by atoms with Crippen molar-refractivity contribution in [1.82, 2.24) is 20.5 Å². The highest BCUT2D eigenvalue weighted by Crippen LogP contribution is 2.26. The van der Waals surface area contributed by atoms with E-state index in [0.717, 1.165) is 5.56 Å². The Morgan fingerprint density at radius 1 is 1.52 bits per heavy atom. The Morgan fingerprint density at radius 2 is 2.29 bits per heavy atom. The average molecular weight is 346 g/mol. The predicted octanol–water partition coefficient (Wildman–Crippen LogP) is 2.66. The normalized spacial score (nSPS) is 12.1. The van der Waals surface area contributed by atoms with Gasteiger partial charge in [-0.25, -0.2) is 5.10 Å². The smallest absolute Gasteiger partial charge is 0.230 e. The minimum atomic E-state index is -0.222. The van der Waals surface area contributed by atoms with Crippen LogP contribution in [0.3, 0.4) is 0 Å². The van der Waals surface area contributed by atoms with Crippen molar-refractivity contribution in [2.75, 3.05) is 11.5 Å². The maximum atomic E-state index is 11.9. The van der Waals surface area contributed by atoms with Gasteiger partial charge in [-0.05, 0) is 24.6 Å². The molecule has 21 heavy (non-hydrogen) atoms. The minimum Gasteiger partial charge on any atom is -0.368 e. The largest absolute Gasteiger partial charge is 0.368 e. The van der Waals surface area contributed by atoms with Crippen molar-refractivity contribution in [3.05, 3.63) is 33.8 Å². The van der Waals surface area contributed by atoms with Crippen molar-refractivity contribution >= 4 is 46.8 Å². The first-order chi connectivity index (χ1) is 9.95. The van der Waals surface area contributed by atoms with E-state index in [1.807, 2.05) is 6.92 Å². The molecule has 0 radical (unpaired) electrons. The van der Waals surface area contributed by atoms with Crippen LogP contribution in [0.25, 0.3) is 0 Å². The molecule has 0 saturated heterocycles. The van der Waals surface area contributed by atoms with E-state index in [4.69, 9.17) is 28.9 Å². The number of nitrogens with zero attached hydrogens (tertiary/aromatic N) is 2. The molecule has 0 fully saturated rings. The van der Waals surface area contributed by atoms with Crippen LogP contribution in [0.2, 0.25) is 10.0 Å². The van der Waals surface area contributed by atoms with Crippen LogP contribution < -0.4 is 11.1 Å². The van der Waals surface area contributed by atoms with Crippen LogP contribution in [-0.4, -0.2) is 26.8 Å². The summed E-state index contributed by atoms with van der Waals surface area (Å²) in [6, 6.07) is 4.95. The fraction of sp³-hybridized carbons (Fsp3) is 0.250. The zero-order valence-corrected chi connectivity index (χ0v) is 13.4. The molecule has 0 spiro atoms. The third-order valence-corrected chi connectivity index (χ3v) is 4.03. The number of nitrogens with one attached hydrogen (secondary N) is 2. The second-order valence-corrected chi connectivity index (χ2v) is 6.03. The summed E-state index contributed by atoms with van der Waals surface area (Å²) in [4.78, 5) is 15.8. The minimum absolute atomic E-state index is 0.151. The quantitative estimate of drug-likeness (QED) is 0.723. The lowest BCUT2D eigenvalue weighted by molar-refractivity contribution is -0.119. The van der Waals surface area contributed by atoms with Crippen LogP contribution in [0.1, 0.15) is 18.5 Å². The van der Waals surface area contributed by atoms with Crippen molar-refractivity contribution in [2.24, 2.45) is 0 Å². The fourth-order valence-corrected chi connectivity index (χ4v) is 2.86. The molecule has 2 aromatic rings. The summed E-state index contributed by atoms with van der Waals surface area (Å²) in [7, 11) is 0. The van der Waals surface area contributed by atoms with Gasteiger partial charge in [0.25, 0.3) is 0 Å². The SMILES string of the molecule is CC(NC(=O)CSc1n[nH]c(N)n1)c1ccc(Cl)cc1Cl. The highest BCUT2D eigenvalue weighted by atomic mass is 35.5. The topological polar surface area (TPSA) is 96.7 Å². The molecule has 4 N–H and O–H groups in total. The third-order valence-electron chi connectivity index (χ3n) is 2.62. The first kappa shape index (κ1) is 15.9. The van der Waals surface area contributed by atoms with E-state index in [-0.39, 0.29) is 23.7 Å². The van der Waals surface area contributed by atoms with Gasteiger partial charge in [-0.3, -0.25) is 4.79 Å². The number of nitrogens with two attached hydrogens (primary N) is 1. The van der Waals surface area contributed by atoms with Crippen LogP contribution in [0, 0.1) is 0 Å². The summed E-state index contributed by atoms with van der Waals surface area (Å²) >= 11 is 13.1. The molecule has 1 atom stereocenters. The molecule has 1 aromatic heterocycles. The Kier molecular flexibility index (Phi) is 5.33. The first-order valence-corrected chi connectivity index (χ1v) is 7.75. The number of amides is 1. The number of hydrogen-bond donors (Lipinski definition) is 3. The molecule has 9 heteroatoms. The summed E-state index contributed by atoms with van der Waals surface area (Å²) in [5, 5.41) is 10.7. The van der Waals surface area contributed by atoms with Gasteiger partial charge in [0.05, 0.1) is 11.8 Å². The highest BCUT2D eigenvalue weighted by Gasteiger charge is 2.14. The number of thioether (sulfide) groups is 1. The van der Waals surface area contributed by atoms with E-state index in [1.165, 1.54) is 11.8 Å². The maximum Gasteiger partial charge on any atom is 0.230 e. The number of aromatic amines is 1. The number of carbonyl (C=O) groups is 1. The Balaban J connectivity index is 1.89. The standard InChI is InChI=1S/C12H13Cl2N5OS/c1-6(8-3-2-7(13)4-9(8)14)16-10(20)5-21-12-17-11(15)18-19-12/h2-4,6H,5H2,1H3,(H,16,20)(H3,15,17,18,19). The number of benzene rings is 1. The van der Waals surface area contributed by atoms with E-state index in [0.29, 0.717) is 15.2 Å². The molecule has 1 aromatic carbocycles. The molecule has 1 amide bonds. The van der Waals surface area contributed by atoms with Crippen LogP contribution >= 0.6 is 35.0 Å². The van der Waals surface area contributed by atoms with Gasteiger partial charge in [0.2, 0.25) is 17.0 Å². The highest BCUT2D eigenvalue weighted by molar-refractivity contribution is 7.99. The molecule has 0 saturated carbocycles. The number of anilines is 1. The van der Waals surface area contributed by atoms with E-state index in [2.05, 4.69) is 20.5 Å². The van der Waals surface area contributed by atoms with E-state index in [9.17, 15) is 4.79 Å². The lowest BCUT2D eigenvalue weighted by Gasteiger charge is -2.15. The third kappa shape index (κ3) is 4.52. The number of nitrogen functional groups attached to an aromatic ring is 1. The lowest BCUT2D eigenvalue weighted by atomic mass is 10.1. The number of halogens is 2. The number of H-pyrrole nitrogens is 1. The molecule has 2 rings (SSSR count). The number of carbonyl (C=O) groups excluding carboxylic acids is 1. The Morgan fingerprint density at radius 3 is 2.90 bits per heavy atom. The van der Waals surface area contributed by atoms with Gasteiger partial charge in [-0.15, -0.1) is 5.10 Å². The fourth-order valence-electron chi connectivity index (χ4n) is 1.67. The van der Waals surface area contributed by atoms with Gasteiger partial charge in [0, 0.05) is 10.0 Å². The van der Waals surface area contributed by atoms with E-state index < -0.39 is 0 Å². The molecule has 6 nitrogen and oxygen atoms in total. The molecular weight excluding hydrogens is 333 g/mol. The monoisotopic (exact) mass is 345 g/mol. The molecule has 1 heterocycles. The van der Waals surface area contributed by atoms with Crippen LogP contribution in [0.5, 0.6) is 0 Å². The van der Waals surface area contributed by atoms with Crippen molar-refractivity contribution in [2.45, 2.75) is 18.1 Å². The molecule has 0 aliphatic heterocycles. The zero-order valence-electron chi connectivity index (χ0n) is 11.1. The zero-order chi connectivity index (χ0) is 15.4. The first-order valence-electron chi connectivity index (χ1n) is 6.00. The molecule has 0 bridgehead atoms. The van der Waals surface area contributed by atoms with Crippen molar-refractivity contribution in [3.8, 4) is 0 Å². The van der Waals surface area contributed by atoms with Crippen molar-refractivity contribution < 1.29 is 4.79 Å². The van der Waals surface area contributed by atoms with Crippen molar-refractivity contribution in [3.63, 3.8) is 0 Å². The second kappa shape index (κ2) is 7.02. The van der Waals surface area contributed by atoms with Gasteiger partial charge in [-0.1, -0.05) is 41.0 Å². The van der Waals surface area contributed by atoms with Gasteiger partial charge >= 0.3 is 0 Å². The molecular formula is C12H13Cl2N5OS. The molecule has 0 aliphatic carbocycles. The van der Waals surface area contributed by atoms with Gasteiger partial charge in [0.1, 0.15) is 0 Å². The van der Waals surface area contributed by atoms with Gasteiger partial charge in [-0.2, -0.15) is 4.98 Å². The second-order valence-electron chi connectivity index (χ2n) is 4.25. The summed E-state index contributed by atoms with van der Waals surface area (Å²) in [5.41, 5.74) is 6.21. The number of hydrogen-bond acceptors (Lipinski definition) is 5. The van der Waals surface area contributed by atoms with Crippen LogP contribution in [0.15, 0.2) is 23.4 Å². The van der Waals surface area contributed by atoms with Gasteiger partial charge < -0.3 is 11.1 Å². The van der Waals surface area contributed by atoms with Crippen LogP contribution in [-0.2, 0) is 4.79 Å². The predicted molar refractivity (Wildman–Crippen MR) is 84.5 cm³/mol. The van der Waals surface area contributed by atoms with Gasteiger partial charge in [0.15, 0.2) is 0 Å². The average Bonchev–Trinajstić information content (AvgIpc) is 2.82. The molecule has 0 aliphatic rings. The Bertz CT molecular complexity index is 648. The summed E-state index contributed by atoms with van der Waals surface area (Å²) in [6.07, 6.45) is 0. The Hall–Kier alpha value is -1.44. The van der Waals surface area contributed by atoms with E-state index in [1.54, 1.807) is 18.2 Å². The molecule has 112 valence electrons. The summed E-state index contributed by atoms with van der Waals surface area (Å²) in [6.45, 7) is 1.85. The van der Waals surface area contributed by atoms with E-state index >= 15 is 0 Å². The number of rotatable bonds is 5. The van der Waals surface area contributed by atoms with Crippen LogP contribution in [0.4, 0.5) is 5.95 Å². The van der Waals surface area contributed by atoms with Crippen molar-refractivity contribution in [1.29, 1.82) is 0 Å². The summed E-state index contributed by atoms with van der Waals surface area (Å²) in [5.74, 6) is 0.258. The lowest BCUT2D eigenvalue weighted by Crippen LogP contribution is -2.28. The molecule has 1 unspecified atom stereocenters.